The van der Waals surface area contributed by atoms with Gasteiger partial charge < -0.3 is 15.0 Å². The summed E-state index contributed by atoms with van der Waals surface area (Å²) in [6, 6.07) is 4.76. The molecule has 2 rings (SSSR count). The smallest absolute Gasteiger partial charge is 0.416 e. The Kier molecular flexibility index (Phi) is 3.87. The van der Waals surface area contributed by atoms with Gasteiger partial charge in [0.2, 0.25) is 0 Å². The molecule has 0 radical (unpaired) electrons. The number of nitrogens with zero attached hydrogens (tertiary/aromatic N) is 2. The number of benzene rings is 1. The highest BCUT2D eigenvalue weighted by atomic mass is 19.4. The number of alkyl halides is 3. The molecule has 0 aliphatic heterocycles. The fraction of sp³-hybridized carbons (Fsp3) is 0.308. The summed E-state index contributed by atoms with van der Waals surface area (Å²) >= 11 is 0. The molecule has 20 heavy (non-hydrogen) atoms. The van der Waals surface area contributed by atoms with Crippen LogP contribution in [-0.4, -0.2) is 9.55 Å². The maximum absolute atomic E-state index is 12.6. The molecular formula is C13H14F3N3O. The van der Waals surface area contributed by atoms with Crippen molar-refractivity contribution in [1.82, 2.24) is 9.55 Å². The lowest BCUT2D eigenvalue weighted by Gasteiger charge is -2.11. The molecule has 0 fully saturated rings. The first-order valence-electron chi connectivity index (χ1n) is 6.01. The number of hydrogen-bond acceptors (Lipinski definition) is 3. The van der Waals surface area contributed by atoms with Crippen molar-refractivity contribution in [3.8, 4) is 5.75 Å². The molecule has 7 heteroatoms. The minimum Gasteiger partial charge on any atom is -0.487 e. The number of ether oxygens (including phenoxy) is 1. The SMILES string of the molecule is CCn1c(COc2cccc(C(F)(F)F)c2)cnc1N. The summed E-state index contributed by atoms with van der Waals surface area (Å²) in [5.41, 5.74) is 5.62. The average Bonchev–Trinajstić information content (AvgIpc) is 2.76. The number of anilines is 1. The van der Waals surface area contributed by atoms with E-state index in [1.54, 1.807) is 10.8 Å². The molecule has 0 spiro atoms. The second-order valence-electron chi connectivity index (χ2n) is 4.17. The molecule has 0 atom stereocenters. The molecule has 2 N–H and O–H groups in total. The Morgan fingerprint density at radius 1 is 1.35 bits per heavy atom. The minimum absolute atomic E-state index is 0.110. The summed E-state index contributed by atoms with van der Waals surface area (Å²) in [5, 5.41) is 0. The van der Waals surface area contributed by atoms with Crippen LogP contribution >= 0.6 is 0 Å². The maximum atomic E-state index is 12.6. The Bertz CT molecular complexity index is 593. The third kappa shape index (κ3) is 3.04. The number of nitrogens with two attached hydrogens (primary N) is 1. The Hall–Kier alpha value is -2.18. The van der Waals surface area contributed by atoms with Gasteiger partial charge >= 0.3 is 6.18 Å². The van der Waals surface area contributed by atoms with Crippen molar-refractivity contribution in [2.45, 2.75) is 26.3 Å². The highest BCUT2D eigenvalue weighted by Crippen LogP contribution is 2.31. The van der Waals surface area contributed by atoms with Crippen molar-refractivity contribution in [1.29, 1.82) is 0 Å². The van der Waals surface area contributed by atoms with Crippen molar-refractivity contribution in [3.05, 3.63) is 41.7 Å². The van der Waals surface area contributed by atoms with Gasteiger partial charge in [-0.25, -0.2) is 4.98 Å². The van der Waals surface area contributed by atoms with E-state index in [9.17, 15) is 13.2 Å². The van der Waals surface area contributed by atoms with Crippen LogP contribution in [0.1, 0.15) is 18.2 Å². The lowest BCUT2D eigenvalue weighted by molar-refractivity contribution is -0.137. The molecule has 1 aromatic heterocycles. The van der Waals surface area contributed by atoms with Gasteiger partial charge in [-0.1, -0.05) is 6.07 Å². The van der Waals surface area contributed by atoms with Crippen LogP contribution in [-0.2, 0) is 19.3 Å². The normalized spacial score (nSPS) is 11.6. The molecule has 108 valence electrons. The third-order valence-electron chi connectivity index (χ3n) is 2.83. The van der Waals surface area contributed by atoms with E-state index >= 15 is 0 Å². The van der Waals surface area contributed by atoms with E-state index < -0.39 is 11.7 Å². The zero-order valence-electron chi connectivity index (χ0n) is 10.8. The zero-order chi connectivity index (χ0) is 14.8. The molecule has 0 saturated carbocycles. The van der Waals surface area contributed by atoms with E-state index in [1.807, 2.05) is 6.92 Å². The van der Waals surface area contributed by atoms with Crippen LogP contribution in [0.15, 0.2) is 30.5 Å². The third-order valence-corrected chi connectivity index (χ3v) is 2.83. The van der Waals surface area contributed by atoms with Gasteiger partial charge in [0.1, 0.15) is 12.4 Å². The van der Waals surface area contributed by atoms with Gasteiger partial charge in [0, 0.05) is 6.54 Å². The van der Waals surface area contributed by atoms with E-state index in [0.717, 1.165) is 12.1 Å². The van der Waals surface area contributed by atoms with Crippen molar-refractivity contribution in [3.63, 3.8) is 0 Å². The molecule has 0 unspecified atom stereocenters. The van der Waals surface area contributed by atoms with Gasteiger partial charge in [-0.05, 0) is 25.1 Å². The number of rotatable bonds is 4. The second kappa shape index (κ2) is 5.44. The molecule has 0 aliphatic rings. The molecule has 0 saturated heterocycles. The Morgan fingerprint density at radius 3 is 2.75 bits per heavy atom. The number of halogens is 3. The fourth-order valence-corrected chi connectivity index (χ4v) is 1.83. The van der Waals surface area contributed by atoms with Crippen LogP contribution in [0.25, 0.3) is 0 Å². The second-order valence-corrected chi connectivity index (χ2v) is 4.17. The van der Waals surface area contributed by atoms with Gasteiger partial charge in [0.05, 0.1) is 17.5 Å². The van der Waals surface area contributed by atoms with Gasteiger partial charge in [-0.15, -0.1) is 0 Å². The molecular weight excluding hydrogens is 271 g/mol. The Morgan fingerprint density at radius 2 is 2.10 bits per heavy atom. The Balaban J connectivity index is 2.11. The first kappa shape index (κ1) is 14.2. The van der Waals surface area contributed by atoms with Crippen LogP contribution < -0.4 is 10.5 Å². The predicted molar refractivity (Wildman–Crippen MR) is 68.1 cm³/mol. The predicted octanol–water partition coefficient (Wildman–Crippen LogP) is 3.08. The summed E-state index contributed by atoms with van der Waals surface area (Å²) in [4.78, 5) is 3.94. The van der Waals surface area contributed by atoms with E-state index in [4.69, 9.17) is 10.5 Å². The average molecular weight is 285 g/mol. The fourth-order valence-electron chi connectivity index (χ4n) is 1.83. The highest BCUT2D eigenvalue weighted by Gasteiger charge is 2.30. The monoisotopic (exact) mass is 285 g/mol. The summed E-state index contributed by atoms with van der Waals surface area (Å²) in [7, 11) is 0. The first-order valence-corrected chi connectivity index (χ1v) is 6.01. The molecule has 0 amide bonds. The highest BCUT2D eigenvalue weighted by molar-refractivity contribution is 5.30. The van der Waals surface area contributed by atoms with Gasteiger partial charge in [0.25, 0.3) is 0 Å². The van der Waals surface area contributed by atoms with Gasteiger partial charge in [0.15, 0.2) is 5.95 Å². The molecule has 1 heterocycles. The van der Waals surface area contributed by atoms with Crippen molar-refractivity contribution < 1.29 is 17.9 Å². The van der Waals surface area contributed by atoms with Crippen LogP contribution in [0.4, 0.5) is 19.1 Å². The Labute approximate surface area is 114 Å². The number of nitrogen functional groups attached to an aromatic ring is 1. The molecule has 0 aliphatic carbocycles. The topological polar surface area (TPSA) is 53.1 Å². The molecule has 1 aromatic carbocycles. The lowest BCUT2D eigenvalue weighted by Crippen LogP contribution is -2.08. The standard InChI is InChI=1S/C13H14F3N3O/c1-2-19-10(7-18-12(19)17)8-20-11-5-3-4-9(6-11)13(14,15)16/h3-7H,2,8H2,1H3,(H2,17,18). The van der Waals surface area contributed by atoms with Gasteiger partial charge in [-0.3, -0.25) is 0 Å². The van der Waals surface area contributed by atoms with Gasteiger partial charge in [-0.2, -0.15) is 13.2 Å². The maximum Gasteiger partial charge on any atom is 0.416 e. The largest absolute Gasteiger partial charge is 0.487 e. The zero-order valence-corrected chi connectivity index (χ0v) is 10.8. The quantitative estimate of drug-likeness (QED) is 0.939. The van der Waals surface area contributed by atoms with E-state index in [2.05, 4.69) is 4.98 Å². The van der Waals surface area contributed by atoms with E-state index in [-0.39, 0.29) is 12.4 Å². The van der Waals surface area contributed by atoms with Crippen LogP contribution in [0.2, 0.25) is 0 Å². The lowest BCUT2D eigenvalue weighted by atomic mass is 10.2. The van der Waals surface area contributed by atoms with E-state index in [1.165, 1.54) is 12.1 Å². The summed E-state index contributed by atoms with van der Waals surface area (Å²) < 4.78 is 44.8. The number of hydrogen-bond donors (Lipinski definition) is 1. The number of imidazole rings is 1. The van der Waals surface area contributed by atoms with Crippen molar-refractivity contribution in [2.24, 2.45) is 0 Å². The van der Waals surface area contributed by atoms with Crippen LogP contribution in [0.5, 0.6) is 5.75 Å². The number of aromatic nitrogens is 2. The van der Waals surface area contributed by atoms with E-state index in [0.29, 0.717) is 18.2 Å². The van der Waals surface area contributed by atoms with Crippen molar-refractivity contribution >= 4 is 5.95 Å². The molecule has 0 bridgehead atoms. The molecule has 2 aromatic rings. The summed E-state index contributed by atoms with van der Waals surface area (Å²) in [6.45, 7) is 2.62. The minimum atomic E-state index is -4.38. The van der Waals surface area contributed by atoms with Crippen LogP contribution in [0, 0.1) is 0 Å². The van der Waals surface area contributed by atoms with Crippen molar-refractivity contribution in [2.75, 3.05) is 5.73 Å². The van der Waals surface area contributed by atoms with Crippen LogP contribution in [0.3, 0.4) is 0 Å². The summed E-state index contributed by atoms with van der Waals surface area (Å²) in [5.74, 6) is 0.511. The molecule has 4 nitrogen and oxygen atoms in total. The first-order chi connectivity index (χ1) is 9.41. The summed E-state index contributed by atoms with van der Waals surface area (Å²) in [6.07, 6.45) is -2.83.